The summed E-state index contributed by atoms with van der Waals surface area (Å²) in [6.45, 7) is 1.59. The van der Waals surface area contributed by atoms with Crippen molar-refractivity contribution in [3.63, 3.8) is 0 Å². The fourth-order valence-electron chi connectivity index (χ4n) is 4.89. The molecule has 0 unspecified atom stereocenters. The zero-order valence-corrected chi connectivity index (χ0v) is 21.2. The first kappa shape index (κ1) is 22.8. The lowest BCUT2D eigenvalue weighted by Crippen LogP contribution is -2.22. The summed E-state index contributed by atoms with van der Waals surface area (Å²) in [5, 5.41) is 0. The Kier molecular flexibility index (Phi) is 6.03. The topological polar surface area (TPSA) is 22.2 Å². The molecule has 184 valence electrons. The van der Waals surface area contributed by atoms with Gasteiger partial charge >= 0.3 is 0 Å². The van der Waals surface area contributed by atoms with Crippen LogP contribution in [0, 0.1) is 0 Å². The molecule has 0 bridgehead atoms. The second-order valence-electron chi connectivity index (χ2n) is 9.48. The van der Waals surface area contributed by atoms with E-state index in [9.17, 15) is 0 Å². The first-order valence-corrected chi connectivity index (χ1v) is 12.5. The Labute approximate surface area is 218 Å². The van der Waals surface area contributed by atoms with Gasteiger partial charge in [-0.15, -0.1) is 0 Å². The summed E-state index contributed by atoms with van der Waals surface area (Å²) < 4.78 is 6.33. The summed E-state index contributed by atoms with van der Waals surface area (Å²) in [5.41, 5.74) is 7.05. The van der Waals surface area contributed by atoms with E-state index in [-0.39, 0.29) is 0 Å². The molecule has 2 aliphatic heterocycles. The van der Waals surface area contributed by atoms with Gasteiger partial charge in [0.25, 0.3) is 0 Å². The summed E-state index contributed by atoms with van der Waals surface area (Å²) in [6, 6.07) is 37.6. The van der Waals surface area contributed by atoms with E-state index in [1.54, 1.807) is 0 Å². The minimum Gasteiger partial charge on any atom is -0.457 e. The van der Waals surface area contributed by atoms with Crippen molar-refractivity contribution in [2.24, 2.45) is 0 Å². The summed E-state index contributed by atoms with van der Waals surface area (Å²) >= 11 is 0. The second kappa shape index (κ2) is 9.78. The molecule has 0 N–H and O–H groups in total. The van der Waals surface area contributed by atoms with Crippen LogP contribution in [0.15, 0.2) is 122 Å². The third-order valence-corrected chi connectivity index (χ3v) is 6.78. The smallest absolute Gasteiger partial charge is 0.129 e. The van der Waals surface area contributed by atoms with Crippen molar-refractivity contribution in [2.45, 2.75) is 0 Å². The largest absolute Gasteiger partial charge is 0.457 e. The van der Waals surface area contributed by atoms with Gasteiger partial charge in [0.1, 0.15) is 11.5 Å². The van der Waals surface area contributed by atoms with Crippen LogP contribution in [0.5, 0.6) is 11.5 Å². The molecule has 2 heterocycles. The highest BCUT2D eigenvalue weighted by molar-refractivity contribution is 5.72. The number of nitrogens with zero attached hydrogens (tertiary/aromatic N) is 4. The highest BCUT2D eigenvalue weighted by atomic mass is 16.5. The molecule has 0 radical (unpaired) electrons. The van der Waals surface area contributed by atoms with Gasteiger partial charge in [-0.3, -0.25) is 0 Å². The Morgan fingerprint density at radius 1 is 0.514 bits per heavy atom. The molecular formula is C32H30N4O. The molecular weight excluding hydrogens is 456 g/mol. The Morgan fingerprint density at radius 3 is 1.38 bits per heavy atom. The van der Waals surface area contributed by atoms with Crippen LogP contribution in [-0.2, 0) is 0 Å². The molecule has 0 amide bonds. The van der Waals surface area contributed by atoms with Crippen LogP contribution in [0.3, 0.4) is 0 Å². The summed E-state index contributed by atoms with van der Waals surface area (Å²) in [6.07, 6.45) is 4.41. The van der Waals surface area contributed by atoms with Crippen LogP contribution >= 0.6 is 0 Å². The van der Waals surface area contributed by atoms with Crippen molar-refractivity contribution in [3.8, 4) is 11.5 Å². The van der Waals surface area contributed by atoms with E-state index < -0.39 is 0 Å². The number of anilines is 2. The average Bonchev–Trinajstić information content (AvgIpc) is 3.53. The molecule has 0 saturated carbocycles. The highest BCUT2D eigenvalue weighted by Gasteiger charge is 2.21. The van der Waals surface area contributed by atoms with Crippen molar-refractivity contribution in [1.29, 1.82) is 0 Å². The number of rotatable bonds is 6. The Balaban J connectivity index is 1.20. The van der Waals surface area contributed by atoms with Crippen LogP contribution in [0.25, 0.3) is 11.4 Å². The van der Waals surface area contributed by atoms with Crippen LogP contribution in [-0.4, -0.2) is 37.2 Å². The number of ether oxygens (including phenoxy) is 1. The monoisotopic (exact) mass is 486 g/mol. The third kappa shape index (κ3) is 4.76. The van der Waals surface area contributed by atoms with Crippen molar-refractivity contribution in [2.75, 3.05) is 37.2 Å². The van der Waals surface area contributed by atoms with Crippen molar-refractivity contribution < 1.29 is 4.74 Å². The van der Waals surface area contributed by atoms with E-state index in [1.165, 1.54) is 22.5 Å². The molecule has 6 rings (SSSR count). The molecule has 4 aromatic rings. The van der Waals surface area contributed by atoms with Crippen LogP contribution < -0.4 is 14.5 Å². The predicted molar refractivity (Wildman–Crippen MR) is 152 cm³/mol. The molecule has 37 heavy (non-hydrogen) atoms. The van der Waals surface area contributed by atoms with Crippen LogP contribution in [0.1, 0.15) is 11.1 Å². The van der Waals surface area contributed by atoms with Gasteiger partial charge in [-0.2, -0.15) is 0 Å². The Bertz CT molecular complexity index is 1340. The maximum Gasteiger partial charge on any atom is 0.129 e. The molecule has 0 fully saturated rings. The fourth-order valence-corrected chi connectivity index (χ4v) is 4.89. The maximum absolute atomic E-state index is 6.33. The third-order valence-electron chi connectivity index (χ3n) is 6.78. The van der Waals surface area contributed by atoms with E-state index >= 15 is 0 Å². The van der Waals surface area contributed by atoms with Crippen LogP contribution in [0.2, 0.25) is 0 Å². The standard InChI is InChI=1S/C32H30N4O/c1-33-23-35(21-31(33)25-11-5-3-6-12-25)27-15-9-17-29(19-27)37-30-18-10-16-28(20-30)36-22-32(34(2)24-36)26-13-7-4-8-14-26/h3-22H,23-24H2,1-2H3. The van der Waals surface area contributed by atoms with Gasteiger partial charge in [0.2, 0.25) is 0 Å². The molecule has 5 heteroatoms. The minimum absolute atomic E-state index is 0.793. The van der Waals surface area contributed by atoms with E-state index in [4.69, 9.17) is 4.74 Å². The SMILES string of the molecule is CN1CN(c2cccc(Oc3cccc(N4C=C(c5ccccc5)N(C)C4)c3)c2)C=C1c1ccccc1. The lowest BCUT2D eigenvalue weighted by atomic mass is 10.1. The van der Waals surface area contributed by atoms with E-state index in [2.05, 4.69) is 119 Å². The molecule has 2 aliphatic rings. The number of benzene rings is 4. The molecule has 0 atom stereocenters. The van der Waals surface area contributed by atoms with Crippen molar-refractivity contribution in [3.05, 3.63) is 133 Å². The molecule has 5 nitrogen and oxygen atoms in total. The highest BCUT2D eigenvalue weighted by Crippen LogP contribution is 2.34. The van der Waals surface area contributed by atoms with Gasteiger partial charge < -0.3 is 24.3 Å². The van der Waals surface area contributed by atoms with Crippen LogP contribution in [0.4, 0.5) is 11.4 Å². The fraction of sp³-hybridized carbons (Fsp3) is 0.125. The van der Waals surface area contributed by atoms with Gasteiger partial charge in [0.15, 0.2) is 0 Å². The van der Waals surface area contributed by atoms with Gasteiger partial charge in [-0.25, -0.2) is 0 Å². The molecule has 0 aliphatic carbocycles. The van der Waals surface area contributed by atoms with Gasteiger partial charge in [0.05, 0.1) is 24.7 Å². The zero-order chi connectivity index (χ0) is 25.2. The quantitative estimate of drug-likeness (QED) is 0.295. The van der Waals surface area contributed by atoms with Gasteiger partial charge in [0, 0.05) is 50.0 Å². The normalized spacial score (nSPS) is 15.2. The molecule has 0 spiro atoms. The van der Waals surface area contributed by atoms with E-state index in [0.29, 0.717) is 0 Å². The maximum atomic E-state index is 6.33. The second-order valence-corrected chi connectivity index (χ2v) is 9.48. The van der Waals surface area contributed by atoms with Gasteiger partial charge in [-0.1, -0.05) is 72.8 Å². The van der Waals surface area contributed by atoms with Crippen molar-refractivity contribution in [1.82, 2.24) is 9.80 Å². The Morgan fingerprint density at radius 2 is 0.946 bits per heavy atom. The average molecular weight is 487 g/mol. The molecule has 4 aromatic carbocycles. The predicted octanol–water partition coefficient (Wildman–Crippen LogP) is 6.89. The summed E-state index contributed by atoms with van der Waals surface area (Å²) in [7, 11) is 4.25. The molecule has 0 saturated heterocycles. The van der Waals surface area contributed by atoms with E-state index in [1.807, 2.05) is 36.4 Å². The number of hydrogen-bond donors (Lipinski definition) is 0. The summed E-state index contributed by atoms with van der Waals surface area (Å²) in [5.74, 6) is 1.64. The first-order valence-electron chi connectivity index (χ1n) is 12.5. The van der Waals surface area contributed by atoms with Crippen molar-refractivity contribution >= 4 is 22.8 Å². The number of hydrogen-bond acceptors (Lipinski definition) is 5. The van der Waals surface area contributed by atoms with Gasteiger partial charge in [-0.05, 0) is 35.4 Å². The lowest BCUT2D eigenvalue weighted by molar-refractivity contribution is 0.481. The van der Waals surface area contributed by atoms with E-state index in [0.717, 1.165) is 36.2 Å². The molecule has 0 aromatic heterocycles. The zero-order valence-electron chi connectivity index (χ0n) is 21.2. The lowest BCUT2D eigenvalue weighted by Gasteiger charge is -2.21. The summed E-state index contributed by atoms with van der Waals surface area (Å²) in [4.78, 5) is 9.02. The first-order chi connectivity index (χ1) is 18.1. The Hall–Kier alpha value is -4.64. The minimum atomic E-state index is 0.793.